The first-order chi connectivity index (χ1) is 17.6. The molecule has 5 rings (SSSR count). The third-order valence-corrected chi connectivity index (χ3v) is 7.43. The monoisotopic (exact) mass is 514 g/mol. The van der Waals surface area contributed by atoms with Gasteiger partial charge >= 0.3 is 5.97 Å². The molecular formula is C29H26N2O5S. The third kappa shape index (κ3) is 5.06. The largest absolute Gasteiger partial charge is 0.467 e. The minimum absolute atomic E-state index is 0.0107. The first kappa shape index (κ1) is 24.5. The smallest absolute Gasteiger partial charge is 0.343 e. The predicted molar refractivity (Wildman–Crippen MR) is 142 cm³/mol. The molecule has 0 amide bonds. The van der Waals surface area contributed by atoms with Gasteiger partial charge in [0.1, 0.15) is 16.4 Å². The van der Waals surface area contributed by atoms with E-state index in [0.29, 0.717) is 34.2 Å². The second-order valence-electron chi connectivity index (χ2n) is 9.76. The van der Waals surface area contributed by atoms with E-state index in [9.17, 15) is 13.2 Å². The molecule has 0 atom stereocenters. The molecular weight excluding hydrogens is 488 g/mol. The van der Waals surface area contributed by atoms with Crippen molar-refractivity contribution in [2.45, 2.75) is 37.6 Å². The summed E-state index contributed by atoms with van der Waals surface area (Å²) in [5, 5.41) is 0. The van der Waals surface area contributed by atoms with Crippen molar-refractivity contribution < 1.29 is 22.4 Å². The standard InChI is InChI=1S/C29H26N2O5S/c1-29(2,3)21-12-10-20(11-13-21)28(32)36-23-16-14-22(15-17-23)31(19-24-7-6-18-35-24)27-25-8-4-5-9-26(25)37(33,34)30-27/h4-18H,19H2,1-3H3. The summed E-state index contributed by atoms with van der Waals surface area (Å²) in [6.07, 6.45) is 1.56. The Morgan fingerprint density at radius 3 is 2.27 bits per heavy atom. The first-order valence-electron chi connectivity index (χ1n) is 11.8. The van der Waals surface area contributed by atoms with Crippen molar-refractivity contribution >= 4 is 27.5 Å². The van der Waals surface area contributed by atoms with E-state index in [2.05, 4.69) is 25.2 Å². The molecule has 3 aromatic carbocycles. The van der Waals surface area contributed by atoms with Crippen LogP contribution < -0.4 is 9.64 Å². The van der Waals surface area contributed by atoms with Gasteiger partial charge in [0.2, 0.25) is 0 Å². The zero-order valence-corrected chi connectivity index (χ0v) is 21.5. The zero-order valence-electron chi connectivity index (χ0n) is 20.7. The van der Waals surface area contributed by atoms with Gasteiger partial charge < -0.3 is 14.1 Å². The number of anilines is 1. The molecule has 37 heavy (non-hydrogen) atoms. The number of rotatable bonds is 5. The highest BCUT2D eigenvalue weighted by Crippen LogP contribution is 2.32. The topological polar surface area (TPSA) is 89.2 Å². The molecule has 8 heteroatoms. The lowest BCUT2D eigenvalue weighted by Gasteiger charge is -2.24. The van der Waals surface area contributed by atoms with E-state index in [-0.39, 0.29) is 16.9 Å². The number of furan rings is 1. The molecule has 0 radical (unpaired) electrons. The molecule has 0 bridgehead atoms. The van der Waals surface area contributed by atoms with E-state index in [4.69, 9.17) is 9.15 Å². The molecule has 0 unspecified atom stereocenters. The van der Waals surface area contributed by atoms with Crippen molar-refractivity contribution in [3.8, 4) is 5.75 Å². The Labute approximate surface area is 216 Å². The summed E-state index contributed by atoms with van der Waals surface area (Å²) >= 11 is 0. The molecule has 7 nitrogen and oxygen atoms in total. The number of nitrogens with zero attached hydrogens (tertiary/aromatic N) is 2. The van der Waals surface area contributed by atoms with Gasteiger partial charge in [0, 0.05) is 11.3 Å². The molecule has 1 aromatic heterocycles. The second kappa shape index (κ2) is 9.37. The predicted octanol–water partition coefficient (Wildman–Crippen LogP) is 5.95. The Balaban J connectivity index is 1.41. The number of hydrogen-bond donors (Lipinski definition) is 0. The summed E-state index contributed by atoms with van der Waals surface area (Å²) in [7, 11) is -3.81. The maximum absolute atomic E-state index is 12.7. The molecule has 188 valence electrons. The van der Waals surface area contributed by atoms with Crippen LogP contribution in [0.25, 0.3) is 0 Å². The quantitative estimate of drug-likeness (QED) is 0.241. The zero-order chi connectivity index (χ0) is 26.2. The average Bonchev–Trinajstić information content (AvgIpc) is 3.48. The van der Waals surface area contributed by atoms with E-state index < -0.39 is 16.0 Å². The fraction of sp³-hybridized carbons (Fsp3) is 0.172. The number of fused-ring (bicyclic) bond motifs is 1. The second-order valence-corrected chi connectivity index (χ2v) is 11.3. The molecule has 0 N–H and O–H groups in total. The molecule has 1 aliphatic heterocycles. The van der Waals surface area contributed by atoms with Gasteiger partial charge in [0.25, 0.3) is 10.0 Å². The fourth-order valence-electron chi connectivity index (χ4n) is 4.10. The number of ether oxygens (including phenoxy) is 1. The van der Waals surface area contributed by atoms with E-state index in [0.717, 1.165) is 5.56 Å². The van der Waals surface area contributed by atoms with Gasteiger partial charge in [-0.1, -0.05) is 45.0 Å². The van der Waals surface area contributed by atoms with E-state index in [1.54, 1.807) is 77.9 Å². The van der Waals surface area contributed by atoms with E-state index in [1.165, 1.54) is 0 Å². The van der Waals surface area contributed by atoms with Gasteiger partial charge in [-0.05, 0) is 71.6 Å². The Hall–Kier alpha value is -4.17. The van der Waals surface area contributed by atoms with Crippen molar-refractivity contribution in [2.24, 2.45) is 4.40 Å². The lowest BCUT2D eigenvalue weighted by Crippen LogP contribution is -2.30. The Kier molecular flexibility index (Phi) is 6.21. The molecule has 2 heterocycles. The van der Waals surface area contributed by atoms with E-state index >= 15 is 0 Å². The molecule has 0 aliphatic carbocycles. The van der Waals surface area contributed by atoms with Crippen LogP contribution >= 0.6 is 0 Å². The number of carbonyl (C=O) groups excluding carboxylic acids is 1. The fourth-order valence-corrected chi connectivity index (χ4v) is 5.31. The number of esters is 1. The highest BCUT2D eigenvalue weighted by molar-refractivity contribution is 7.90. The van der Waals surface area contributed by atoms with Gasteiger partial charge in [0.15, 0.2) is 5.84 Å². The summed E-state index contributed by atoms with van der Waals surface area (Å²) in [4.78, 5) is 14.6. The Bertz CT molecular complexity index is 1560. The van der Waals surface area contributed by atoms with Gasteiger partial charge in [-0.15, -0.1) is 4.40 Å². The summed E-state index contributed by atoms with van der Waals surface area (Å²) in [6.45, 7) is 6.60. The lowest BCUT2D eigenvalue weighted by atomic mass is 9.87. The van der Waals surface area contributed by atoms with Crippen LogP contribution in [0, 0.1) is 0 Å². The highest BCUT2D eigenvalue weighted by Gasteiger charge is 2.32. The van der Waals surface area contributed by atoms with Crippen LogP contribution in [0.5, 0.6) is 5.75 Å². The van der Waals surface area contributed by atoms with Gasteiger partial charge in [0.05, 0.1) is 18.4 Å². The van der Waals surface area contributed by atoms with Crippen LogP contribution in [0.4, 0.5) is 5.69 Å². The number of hydrogen-bond acceptors (Lipinski definition) is 6. The average molecular weight is 515 g/mol. The number of benzene rings is 3. The maximum Gasteiger partial charge on any atom is 0.343 e. The van der Waals surface area contributed by atoms with Crippen LogP contribution in [-0.2, 0) is 22.0 Å². The van der Waals surface area contributed by atoms with Gasteiger partial charge in [-0.3, -0.25) is 0 Å². The Morgan fingerprint density at radius 1 is 0.919 bits per heavy atom. The summed E-state index contributed by atoms with van der Waals surface area (Å²) in [5.74, 6) is 0.850. The van der Waals surface area contributed by atoms with Crippen LogP contribution in [0.3, 0.4) is 0 Å². The Morgan fingerprint density at radius 2 is 1.62 bits per heavy atom. The molecule has 0 saturated carbocycles. The molecule has 4 aromatic rings. The maximum atomic E-state index is 12.7. The number of carbonyl (C=O) groups is 1. The number of amidine groups is 1. The lowest BCUT2D eigenvalue weighted by molar-refractivity contribution is 0.0734. The van der Waals surface area contributed by atoms with Crippen molar-refractivity contribution in [3.63, 3.8) is 0 Å². The highest BCUT2D eigenvalue weighted by atomic mass is 32.2. The van der Waals surface area contributed by atoms with Crippen molar-refractivity contribution in [1.29, 1.82) is 0 Å². The SMILES string of the molecule is CC(C)(C)c1ccc(C(=O)Oc2ccc(N(Cc3ccco3)C3=NS(=O)(=O)c4ccccc43)cc2)cc1. The molecule has 0 spiro atoms. The van der Waals surface area contributed by atoms with Crippen LogP contribution in [0.1, 0.15) is 48.0 Å². The number of sulfonamides is 1. The van der Waals surface area contributed by atoms with Crippen molar-refractivity contribution in [2.75, 3.05) is 4.90 Å². The minimum atomic E-state index is -3.81. The van der Waals surface area contributed by atoms with Crippen LogP contribution in [0.15, 0.2) is 105 Å². The molecule has 0 saturated heterocycles. The van der Waals surface area contributed by atoms with Crippen molar-refractivity contribution in [1.82, 2.24) is 0 Å². The summed E-state index contributed by atoms with van der Waals surface area (Å²) in [6, 6.07) is 24.5. The van der Waals surface area contributed by atoms with Crippen LogP contribution in [0.2, 0.25) is 0 Å². The van der Waals surface area contributed by atoms with E-state index in [1.807, 2.05) is 18.2 Å². The summed E-state index contributed by atoms with van der Waals surface area (Å²) in [5.41, 5.74) is 2.75. The third-order valence-electron chi connectivity index (χ3n) is 6.11. The minimum Gasteiger partial charge on any atom is -0.467 e. The van der Waals surface area contributed by atoms with Gasteiger partial charge in [-0.25, -0.2) is 4.79 Å². The normalized spacial score (nSPS) is 14.1. The molecule has 1 aliphatic rings. The first-order valence-corrected chi connectivity index (χ1v) is 13.2. The van der Waals surface area contributed by atoms with Crippen LogP contribution in [-0.4, -0.2) is 20.2 Å². The van der Waals surface area contributed by atoms with Crippen molar-refractivity contribution in [3.05, 3.63) is 114 Å². The van der Waals surface area contributed by atoms with Gasteiger partial charge in [-0.2, -0.15) is 8.42 Å². The summed E-state index contributed by atoms with van der Waals surface area (Å²) < 4.78 is 40.6. The molecule has 0 fully saturated rings.